The van der Waals surface area contributed by atoms with Crippen molar-refractivity contribution in [3.63, 3.8) is 0 Å². The molecule has 3 fully saturated rings. The van der Waals surface area contributed by atoms with Crippen molar-refractivity contribution in [2.24, 2.45) is 11.8 Å². The Balaban J connectivity index is 1.49. The lowest BCUT2D eigenvalue weighted by atomic mass is 9.80. The van der Waals surface area contributed by atoms with Gasteiger partial charge in [-0.25, -0.2) is 0 Å². The van der Waals surface area contributed by atoms with Crippen molar-refractivity contribution in [2.45, 2.75) is 74.0 Å². The summed E-state index contributed by atoms with van der Waals surface area (Å²) in [6.07, 6.45) is 12.1. The van der Waals surface area contributed by atoms with Crippen molar-refractivity contribution in [1.29, 1.82) is 0 Å². The van der Waals surface area contributed by atoms with Crippen LogP contribution in [0.5, 0.6) is 0 Å². The molecule has 1 aliphatic carbocycles. The molecule has 2 heteroatoms. The molecule has 2 saturated heterocycles. The van der Waals surface area contributed by atoms with Crippen molar-refractivity contribution >= 4 is 23.5 Å². The topological polar surface area (TPSA) is 0 Å². The second-order valence-electron chi connectivity index (χ2n) is 6.36. The van der Waals surface area contributed by atoms with Gasteiger partial charge in [0.2, 0.25) is 0 Å². The number of thioether (sulfide) groups is 2. The Bertz CT molecular complexity index is 239. The van der Waals surface area contributed by atoms with Gasteiger partial charge in [-0.15, -0.1) is 0 Å². The van der Waals surface area contributed by atoms with Crippen LogP contribution in [0.4, 0.5) is 0 Å². The molecule has 0 N–H and O–H groups in total. The van der Waals surface area contributed by atoms with Crippen molar-refractivity contribution in [3.8, 4) is 0 Å². The van der Waals surface area contributed by atoms with Gasteiger partial charge in [-0.3, -0.25) is 0 Å². The first kappa shape index (κ1) is 12.7. The molecule has 2 heterocycles. The molecule has 98 valence electrons. The van der Waals surface area contributed by atoms with E-state index in [1.54, 1.807) is 0 Å². The van der Waals surface area contributed by atoms with Gasteiger partial charge < -0.3 is 0 Å². The molecule has 3 aliphatic rings. The molecular weight excluding hydrogens is 244 g/mol. The molecule has 3 rings (SSSR count). The predicted octanol–water partition coefficient (Wildman–Crippen LogP) is 4.97. The molecule has 17 heavy (non-hydrogen) atoms. The fraction of sp³-hybridized carbons (Fsp3) is 1.00. The smallest absolute Gasteiger partial charge is 0.0169 e. The van der Waals surface area contributed by atoms with Gasteiger partial charge in [-0.05, 0) is 56.1 Å². The van der Waals surface area contributed by atoms with E-state index in [9.17, 15) is 0 Å². The summed E-state index contributed by atoms with van der Waals surface area (Å²) in [5.74, 6) is 3.53. The second-order valence-corrected chi connectivity index (χ2v) is 9.19. The molecule has 0 spiro atoms. The van der Waals surface area contributed by atoms with E-state index in [-0.39, 0.29) is 0 Å². The van der Waals surface area contributed by atoms with Gasteiger partial charge in [-0.1, -0.05) is 19.8 Å². The predicted molar refractivity (Wildman–Crippen MR) is 81.0 cm³/mol. The molecule has 0 bridgehead atoms. The first-order chi connectivity index (χ1) is 8.33. The number of hydrogen-bond acceptors (Lipinski definition) is 2. The van der Waals surface area contributed by atoms with Gasteiger partial charge in [-0.2, -0.15) is 23.5 Å². The van der Waals surface area contributed by atoms with Crippen LogP contribution in [0.15, 0.2) is 0 Å². The van der Waals surface area contributed by atoms with E-state index in [0.29, 0.717) is 0 Å². The summed E-state index contributed by atoms with van der Waals surface area (Å²) in [6.45, 7) is 2.44. The highest BCUT2D eigenvalue weighted by molar-refractivity contribution is 8.04. The molecule has 0 radical (unpaired) electrons. The maximum atomic E-state index is 2.44. The highest BCUT2D eigenvalue weighted by Gasteiger charge is 2.37. The molecule has 2 aliphatic heterocycles. The van der Waals surface area contributed by atoms with Gasteiger partial charge >= 0.3 is 0 Å². The maximum Gasteiger partial charge on any atom is 0.0169 e. The normalized spacial score (nSPS) is 47.5. The summed E-state index contributed by atoms with van der Waals surface area (Å²) in [7, 11) is 0. The minimum absolute atomic E-state index is 1.01. The highest BCUT2D eigenvalue weighted by Crippen LogP contribution is 2.48. The van der Waals surface area contributed by atoms with Crippen LogP contribution in [0.3, 0.4) is 0 Å². The minimum atomic E-state index is 1.01. The number of hydrogen-bond donors (Lipinski definition) is 0. The van der Waals surface area contributed by atoms with Crippen LogP contribution in [0, 0.1) is 11.8 Å². The Morgan fingerprint density at radius 2 is 1.53 bits per heavy atom. The summed E-state index contributed by atoms with van der Waals surface area (Å²) < 4.78 is 0. The third kappa shape index (κ3) is 3.00. The Kier molecular flexibility index (Phi) is 4.32. The van der Waals surface area contributed by atoms with E-state index in [4.69, 9.17) is 0 Å². The number of rotatable bonds is 2. The molecule has 3 unspecified atom stereocenters. The summed E-state index contributed by atoms with van der Waals surface area (Å²) in [4.78, 5) is 0. The zero-order valence-electron chi connectivity index (χ0n) is 11.1. The Hall–Kier alpha value is 0.700. The molecule has 0 amide bonds. The van der Waals surface area contributed by atoms with Crippen LogP contribution in [0.1, 0.15) is 58.3 Å². The second kappa shape index (κ2) is 5.77. The van der Waals surface area contributed by atoms with Crippen molar-refractivity contribution in [3.05, 3.63) is 0 Å². The van der Waals surface area contributed by atoms with E-state index in [2.05, 4.69) is 30.4 Å². The Morgan fingerprint density at radius 1 is 0.765 bits per heavy atom. The monoisotopic (exact) mass is 270 g/mol. The van der Waals surface area contributed by atoms with Gasteiger partial charge in [0.15, 0.2) is 0 Å². The van der Waals surface area contributed by atoms with Crippen LogP contribution >= 0.6 is 23.5 Å². The zero-order valence-corrected chi connectivity index (χ0v) is 12.7. The first-order valence-corrected chi connectivity index (χ1v) is 9.59. The summed E-state index contributed by atoms with van der Waals surface area (Å²) >= 11 is 4.66. The molecule has 3 atom stereocenters. The Morgan fingerprint density at radius 3 is 2.24 bits per heavy atom. The van der Waals surface area contributed by atoms with E-state index < -0.39 is 0 Å². The molecule has 1 saturated carbocycles. The fourth-order valence-corrected chi connectivity index (χ4v) is 7.41. The lowest BCUT2D eigenvalue weighted by Gasteiger charge is -2.30. The van der Waals surface area contributed by atoms with Crippen molar-refractivity contribution in [2.75, 3.05) is 5.75 Å². The van der Waals surface area contributed by atoms with Crippen LogP contribution in [-0.2, 0) is 0 Å². The molecule has 0 aromatic heterocycles. The third-order valence-electron chi connectivity index (χ3n) is 5.05. The standard InChI is InChI=1S/C15H26S2/c1-11-4-6-12(7-5-11)13-8-9-15(17-13)14-3-2-10-16-14/h11-15H,2-10H2,1H3. The van der Waals surface area contributed by atoms with Crippen LogP contribution in [0.25, 0.3) is 0 Å². The average molecular weight is 271 g/mol. The lowest BCUT2D eigenvalue weighted by Crippen LogP contribution is -2.21. The van der Waals surface area contributed by atoms with E-state index in [1.807, 2.05) is 0 Å². The largest absolute Gasteiger partial charge is 0.157 e. The quantitative estimate of drug-likeness (QED) is 0.694. The van der Waals surface area contributed by atoms with E-state index in [1.165, 1.54) is 57.1 Å². The highest BCUT2D eigenvalue weighted by atomic mass is 32.2. The van der Waals surface area contributed by atoms with Crippen LogP contribution in [-0.4, -0.2) is 21.5 Å². The summed E-state index contributed by atoms with van der Waals surface area (Å²) in [6, 6.07) is 0. The maximum absolute atomic E-state index is 2.44. The van der Waals surface area contributed by atoms with Crippen molar-refractivity contribution < 1.29 is 0 Å². The van der Waals surface area contributed by atoms with Gasteiger partial charge in [0, 0.05) is 15.7 Å². The SMILES string of the molecule is CC1CCC(C2CCC(C3CCCS3)S2)CC1. The summed E-state index contributed by atoms with van der Waals surface area (Å²) in [5, 5.41) is 3.08. The third-order valence-corrected chi connectivity index (χ3v) is 8.62. The van der Waals surface area contributed by atoms with E-state index in [0.717, 1.165) is 27.6 Å². The van der Waals surface area contributed by atoms with Crippen LogP contribution < -0.4 is 0 Å². The average Bonchev–Trinajstić information content (AvgIpc) is 3.00. The fourth-order valence-electron chi connectivity index (χ4n) is 3.86. The zero-order chi connectivity index (χ0) is 11.7. The van der Waals surface area contributed by atoms with Crippen molar-refractivity contribution in [1.82, 2.24) is 0 Å². The summed E-state index contributed by atoms with van der Waals surface area (Å²) in [5.41, 5.74) is 0. The minimum Gasteiger partial charge on any atom is -0.157 e. The molecule has 0 aromatic carbocycles. The Labute approximate surface area is 115 Å². The molecular formula is C15H26S2. The first-order valence-electron chi connectivity index (χ1n) is 7.60. The van der Waals surface area contributed by atoms with E-state index >= 15 is 0 Å². The lowest BCUT2D eigenvalue weighted by molar-refractivity contribution is 0.282. The molecule has 0 aromatic rings. The molecule has 0 nitrogen and oxygen atoms in total. The van der Waals surface area contributed by atoms with Crippen LogP contribution in [0.2, 0.25) is 0 Å². The van der Waals surface area contributed by atoms with Gasteiger partial charge in [0.05, 0.1) is 0 Å². The van der Waals surface area contributed by atoms with Gasteiger partial charge in [0.1, 0.15) is 0 Å². The van der Waals surface area contributed by atoms with Gasteiger partial charge in [0.25, 0.3) is 0 Å².